The van der Waals surface area contributed by atoms with Gasteiger partial charge in [0.05, 0.1) is 5.41 Å². The lowest BCUT2D eigenvalue weighted by Crippen LogP contribution is -2.28. The highest BCUT2D eigenvalue weighted by Crippen LogP contribution is 2.03. The van der Waals surface area contributed by atoms with E-state index in [0.717, 1.165) is 11.0 Å². The number of benzene rings is 1. The van der Waals surface area contributed by atoms with Crippen molar-refractivity contribution in [1.29, 1.82) is 0 Å². The molecule has 1 N–H and O–H groups in total. The first-order valence-electron chi connectivity index (χ1n) is 4.86. The first-order valence-corrected chi connectivity index (χ1v) is 6.41. The number of carbonyl (C=O) groups is 1. The minimum absolute atomic E-state index is 0.140. The van der Waals surface area contributed by atoms with Crippen LogP contribution in [0.4, 0.5) is 0 Å². The van der Waals surface area contributed by atoms with E-state index in [-0.39, 0.29) is 5.57 Å². The summed E-state index contributed by atoms with van der Waals surface area (Å²) in [6, 6.07) is 8.92. The zero-order valence-corrected chi connectivity index (χ0v) is 10.2. The largest absolute Gasteiger partial charge is 0.269 e. The highest BCUT2D eigenvalue weighted by Gasteiger charge is 2.10. The monoisotopic (exact) mass is 251 g/mol. The quantitative estimate of drug-likeness (QED) is 0.828. The number of rotatable bonds is 4. The van der Waals surface area contributed by atoms with E-state index in [1.807, 2.05) is 10.8 Å². The van der Waals surface area contributed by atoms with E-state index in [1.165, 1.54) is 13.0 Å². The molecule has 0 bridgehead atoms. The Balaban J connectivity index is 2.77. The molecule has 5 heteroatoms. The first-order chi connectivity index (χ1) is 7.91. The maximum absolute atomic E-state index is 11.5. The molecule has 1 rings (SSSR count). The second kappa shape index (κ2) is 5.45. The van der Waals surface area contributed by atoms with Gasteiger partial charge in [0.15, 0.2) is 0 Å². The van der Waals surface area contributed by atoms with Gasteiger partial charge in [0.25, 0.3) is 15.9 Å². The lowest BCUT2D eigenvalue weighted by Gasteiger charge is -2.01. The SMILES string of the molecule is C=C(C)C(=O)NS(=O)(=O)C=Cc1ccccc1. The van der Waals surface area contributed by atoms with Crippen LogP contribution in [0.1, 0.15) is 12.5 Å². The first kappa shape index (κ1) is 13.2. The van der Waals surface area contributed by atoms with Crippen molar-refractivity contribution >= 4 is 22.0 Å². The van der Waals surface area contributed by atoms with Crippen molar-refractivity contribution in [2.75, 3.05) is 0 Å². The van der Waals surface area contributed by atoms with E-state index in [4.69, 9.17) is 0 Å². The van der Waals surface area contributed by atoms with Gasteiger partial charge in [-0.15, -0.1) is 0 Å². The minimum atomic E-state index is -3.76. The molecule has 0 radical (unpaired) electrons. The Morgan fingerprint density at radius 3 is 2.41 bits per heavy atom. The molecule has 1 aromatic carbocycles. The predicted molar refractivity (Wildman–Crippen MR) is 67.4 cm³/mol. The number of sulfonamides is 1. The molecule has 17 heavy (non-hydrogen) atoms. The molecule has 0 unspecified atom stereocenters. The van der Waals surface area contributed by atoms with Crippen molar-refractivity contribution in [3.8, 4) is 0 Å². The van der Waals surface area contributed by atoms with Crippen LogP contribution < -0.4 is 4.72 Å². The summed E-state index contributed by atoms with van der Waals surface area (Å²) in [6.45, 7) is 4.79. The van der Waals surface area contributed by atoms with Crippen LogP contribution in [0.5, 0.6) is 0 Å². The minimum Gasteiger partial charge on any atom is -0.269 e. The molecule has 90 valence electrons. The van der Waals surface area contributed by atoms with E-state index in [0.29, 0.717) is 0 Å². The fraction of sp³-hybridized carbons (Fsp3) is 0.0833. The molecule has 0 fully saturated rings. The fourth-order valence-corrected chi connectivity index (χ4v) is 1.82. The van der Waals surface area contributed by atoms with E-state index in [9.17, 15) is 13.2 Å². The maximum atomic E-state index is 11.5. The lowest BCUT2D eigenvalue weighted by atomic mass is 10.2. The van der Waals surface area contributed by atoms with Crippen molar-refractivity contribution in [2.24, 2.45) is 0 Å². The Morgan fingerprint density at radius 2 is 1.88 bits per heavy atom. The molecule has 1 amide bonds. The van der Waals surface area contributed by atoms with Gasteiger partial charge in [-0.05, 0) is 18.6 Å². The summed E-state index contributed by atoms with van der Waals surface area (Å²) in [4.78, 5) is 11.1. The highest BCUT2D eigenvalue weighted by molar-refractivity contribution is 7.93. The van der Waals surface area contributed by atoms with E-state index in [1.54, 1.807) is 24.3 Å². The van der Waals surface area contributed by atoms with E-state index in [2.05, 4.69) is 6.58 Å². The molecule has 4 nitrogen and oxygen atoms in total. The topological polar surface area (TPSA) is 63.2 Å². The molecule has 0 heterocycles. The van der Waals surface area contributed by atoms with Crippen molar-refractivity contribution < 1.29 is 13.2 Å². The van der Waals surface area contributed by atoms with Gasteiger partial charge in [0.1, 0.15) is 0 Å². The summed E-state index contributed by atoms with van der Waals surface area (Å²) in [6.07, 6.45) is 1.41. The summed E-state index contributed by atoms with van der Waals surface area (Å²) >= 11 is 0. The number of hydrogen-bond donors (Lipinski definition) is 1. The van der Waals surface area contributed by atoms with Crippen molar-refractivity contribution in [3.05, 3.63) is 53.5 Å². The van der Waals surface area contributed by atoms with E-state index >= 15 is 0 Å². The van der Waals surface area contributed by atoms with E-state index < -0.39 is 15.9 Å². The fourth-order valence-electron chi connectivity index (χ4n) is 0.983. The molecular formula is C12H13NO3S. The number of nitrogens with one attached hydrogen (secondary N) is 1. The Morgan fingerprint density at radius 1 is 1.29 bits per heavy atom. The standard InChI is InChI=1S/C12H13NO3S/c1-10(2)12(14)13-17(15,16)9-8-11-6-4-3-5-7-11/h3-9H,1H2,2H3,(H,13,14). The number of amides is 1. The summed E-state index contributed by atoms with van der Waals surface area (Å²) in [7, 11) is -3.76. The smallest absolute Gasteiger partial charge is 0.260 e. The van der Waals surface area contributed by atoms with Crippen LogP contribution in [0.25, 0.3) is 6.08 Å². The summed E-state index contributed by atoms with van der Waals surface area (Å²) in [5.41, 5.74) is 0.877. The second-order valence-corrected chi connectivity index (χ2v) is 5.04. The van der Waals surface area contributed by atoms with Crippen molar-refractivity contribution in [1.82, 2.24) is 4.72 Å². The van der Waals surface area contributed by atoms with Crippen LogP contribution >= 0.6 is 0 Å². The third-order valence-electron chi connectivity index (χ3n) is 1.86. The molecule has 0 spiro atoms. The van der Waals surface area contributed by atoms with Gasteiger partial charge in [-0.1, -0.05) is 36.9 Å². The zero-order valence-electron chi connectivity index (χ0n) is 9.38. The Bertz CT molecular complexity index is 544. The van der Waals surface area contributed by atoms with Crippen LogP contribution in [0.3, 0.4) is 0 Å². The molecule has 0 saturated carbocycles. The number of carbonyl (C=O) groups excluding carboxylic acids is 1. The average molecular weight is 251 g/mol. The van der Waals surface area contributed by atoms with Gasteiger partial charge in [-0.3, -0.25) is 4.79 Å². The third-order valence-corrected chi connectivity index (χ3v) is 2.83. The van der Waals surface area contributed by atoms with Gasteiger partial charge in [0, 0.05) is 5.57 Å². The van der Waals surface area contributed by atoms with Crippen LogP contribution in [0.2, 0.25) is 0 Å². The Hall–Kier alpha value is -1.88. The number of hydrogen-bond acceptors (Lipinski definition) is 3. The summed E-state index contributed by atoms with van der Waals surface area (Å²) in [5.74, 6) is -0.706. The molecule has 0 saturated heterocycles. The van der Waals surface area contributed by atoms with Gasteiger partial charge in [0.2, 0.25) is 0 Å². The van der Waals surface area contributed by atoms with Crippen LogP contribution in [-0.4, -0.2) is 14.3 Å². The third kappa shape index (κ3) is 4.65. The van der Waals surface area contributed by atoms with Crippen LogP contribution in [0, 0.1) is 0 Å². The highest BCUT2D eigenvalue weighted by atomic mass is 32.2. The Kier molecular flexibility index (Phi) is 4.23. The molecule has 0 atom stereocenters. The van der Waals surface area contributed by atoms with Gasteiger partial charge in [-0.2, -0.15) is 0 Å². The molecule has 0 aliphatic heterocycles. The zero-order chi connectivity index (χ0) is 12.9. The molecule has 1 aromatic rings. The maximum Gasteiger partial charge on any atom is 0.260 e. The Labute approximate surface area is 101 Å². The van der Waals surface area contributed by atoms with Gasteiger partial charge < -0.3 is 0 Å². The van der Waals surface area contributed by atoms with Crippen molar-refractivity contribution in [3.63, 3.8) is 0 Å². The van der Waals surface area contributed by atoms with Crippen LogP contribution in [0.15, 0.2) is 47.9 Å². The van der Waals surface area contributed by atoms with Crippen LogP contribution in [-0.2, 0) is 14.8 Å². The van der Waals surface area contributed by atoms with Crippen molar-refractivity contribution in [2.45, 2.75) is 6.92 Å². The molecule has 0 aromatic heterocycles. The second-order valence-electron chi connectivity index (χ2n) is 3.47. The lowest BCUT2D eigenvalue weighted by molar-refractivity contribution is -0.115. The average Bonchev–Trinajstić information content (AvgIpc) is 2.27. The van der Waals surface area contributed by atoms with Gasteiger partial charge in [-0.25, -0.2) is 13.1 Å². The molecule has 0 aliphatic carbocycles. The summed E-state index contributed by atoms with van der Waals surface area (Å²) in [5, 5.41) is 0.948. The van der Waals surface area contributed by atoms with Gasteiger partial charge >= 0.3 is 0 Å². The normalized spacial score (nSPS) is 11.4. The predicted octanol–water partition coefficient (Wildman–Crippen LogP) is 1.68. The molecule has 0 aliphatic rings. The summed E-state index contributed by atoms with van der Waals surface area (Å²) < 4.78 is 24.8. The molecular weight excluding hydrogens is 238 g/mol.